The number of hydrogen-bond donors (Lipinski definition) is 1. The fraction of sp³-hybridized carbons (Fsp3) is 0.162. The molecule has 8 heteroatoms. The quantitative estimate of drug-likeness (QED) is 0.208. The fourth-order valence-electron chi connectivity index (χ4n) is 7.46. The van der Waals surface area contributed by atoms with Gasteiger partial charge in [0.25, 0.3) is 0 Å². The molecule has 0 unspecified atom stereocenters. The van der Waals surface area contributed by atoms with Gasteiger partial charge in [0.2, 0.25) is 12.7 Å². The second kappa shape index (κ2) is 10.2. The number of anilines is 1. The Kier molecular flexibility index (Phi) is 6.13. The van der Waals surface area contributed by atoms with Crippen molar-refractivity contribution in [2.75, 3.05) is 18.7 Å². The van der Waals surface area contributed by atoms with Crippen molar-refractivity contribution in [2.45, 2.75) is 17.5 Å². The van der Waals surface area contributed by atoms with Crippen LogP contribution in [0.1, 0.15) is 43.4 Å². The summed E-state index contributed by atoms with van der Waals surface area (Å²) in [7, 11) is 0. The predicted octanol–water partition coefficient (Wildman–Crippen LogP) is 5.96. The van der Waals surface area contributed by atoms with E-state index in [2.05, 4.69) is 11.9 Å². The van der Waals surface area contributed by atoms with E-state index < -0.39 is 23.4 Å². The molecule has 4 aliphatic rings. The number of amides is 1. The zero-order valence-corrected chi connectivity index (χ0v) is 24.1. The molecule has 45 heavy (non-hydrogen) atoms. The van der Waals surface area contributed by atoms with Gasteiger partial charge in [0.15, 0.2) is 23.1 Å². The normalized spacial score (nSPS) is 23.2. The molecule has 4 atom stereocenters. The molecule has 1 saturated heterocycles. The van der Waals surface area contributed by atoms with Crippen molar-refractivity contribution in [3.8, 4) is 17.2 Å². The minimum atomic E-state index is -1.43. The van der Waals surface area contributed by atoms with Gasteiger partial charge in [-0.3, -0.25) is 14.4 Å². The molecule has 1 amide bonds. The highest BCUT2D eigenvalue weighted by atomic mass is 16.7. The van der Waals surface area contributed by atoms with Gasteiger partial charge in [0.1, 0.15) is 23.8 Å². The van der Waals surface area contributed by atoms with Crippen LogP contribution >= 0.6 is 0 Å². The van der Waals surface area contributed by atoms with Crippen molar-refractivity contribution in [1.29, 1.82) is 0 Å². The smallest absolute Gasteiger partial charge is 0.238 e. The third-order valence-corrected chi connectivity index (χ3v) is 9.27. The SMILES string of the molecule is C=CCOc1cccc(C(=O)[C@@H]2[C@H](C(=O)c3ccc4c(c3)OCO4)N3C=Cc4ccccc4[C@@H]3[C@@]23C(=O)Nc2ccccc23)c1. The number of para-hydroxylation sites is 1. The van der Waals surface area contributed by atoms with Crippen LogP contribution in [-0.4, -0.2) is 41.8 Å². The van der Waals surface area contributed by atoms with E-state index in [4.69, 9.17) is 14.2 Å². The lowest BCUT2D eigenvalue weighted by Crippen LogP contribution is -2.49. The molecule has 0 radical (unpaired) electrons. The molecule has 8 nitrogen and oxygen atoms in total. The maximum Gasteiger partial charge on any atom is 0.238 e. The van der Waals surface area contributed by atoms with E-state index in [9.17, 15) is 9.59 Å². The zero-order chi connectivity index (χ0) is 30.7. The van der Waals surface area contributed by atoms with Crippen molar-refractivity contribution in [3.05, 3.63) is 138 Å². The molecule has 1 spiro atoms. The van der Waals surface area contributed by atoms with E-state index in [1.165, 1.54) is 0 Å². The first-order valence-corrected chi connectivity index (χ1v) is 14.8. The van der Waals surface area contributed by atoms with Gasteiger partial charge in [0, 0.05) is 23.0 Å². The fourth-order valence-corrected chi connectivity index (χ4v) is 7.46. The number of carbonyl (C=O) groups is 3. The monoisotopic (exact) mass is 596 g/mol. The lowest BCUT2D eigenvalue weighted by molar-refractivity contribution is -0.122. The van der Waals surface area contributed by atoms with Crippen LogP contribution in [0.2, 0.25) is 0 Å². The molecule has 4 aromatic carbocycles. The minimum absolute atomic E-state index is 0.0650. The highest BCUT2D eigenvalue weighted by molar-refractivity contribution is 6.16. The number of fused-ring (bicyclic) bond motifs is 7. The van der Waals surface area contributed by atoms with Crippen LogP contribution in [0.3, 0.4) is 0 Å². The first-order chi connectivity index (χ1) is 22.0. The number of nitrogens with zero attached hydrogens (tertiary/aromatic N) is 1. The molecule has 4 heterocycles. The van der Waals surface area contributed by atoms with Gasteiger partial charge in [-0.2, -0.15) is 0 Å². The van der Waals surface area contributed by atoms with Crippen molar-refractivity contribution < 1.29 is 28.6 Å². The second-order valence-corrected chi connectivity index (χ2v) is 11.5. The summed E-state index contributed by atoms with van der Waals surface area (Å²) in [6.07, 6.45) is 5.42. The summed E-state index contributed by atoms with van der Waals surface area (Å²) in [4.78, 5) is 46.5. The first-order valence-electron chi connectivity index (χ1n) is 14.8. The summed E-state index contributed by atoms with van der Waals surface area (Å²) >= 11 is 0. The first kappa shape index (κ1) is 27.0. The van der Waals surface area contributed by atoms with E-state index in [-0.39, 0.29) is 30.9 Å². The molecule has 1 N–H and O–H groups in total. The van der Waals surface area contributed by atoms with E-state index in [0.29, 0.717) is 39.6 Å². The number of carbonyl (C=O) groups excluding carboxylic acids is 3. The van der Waals surface area contributed by atoms with Crippen LogP contribution in [0, 0.1) is 5.92 Å². The molecule has 0 aromatic heterocycles. The molecule has 4 aliphatic heterocycles. The van der Waals surface area contributed by atoms with Crippen molar-refractivity contribution in [1.82, 2.24) is 4.90 Å². The number of Topliss-reactive ketones (excluding diaryl/α,β-unsaturated/α-hetero) is 2. The zero-order valence-electron chi connectivity index (χ0n) is 24.1. The number of nitrogens with one attached hydrogen (secondary N) is 1. The Morgan fingerprint density at radius 2 is 1.73 bits per heavy atom. The molecule has 0 aliphatic carbocycles. The molecular formula is C37H28N2O6. The van der Waals surface area contributed by atoms with Gasteiger partial charge in [-0.15, -0.1) is 0 Å². The Morgan fingerprint density at radius 3 is 2.62 bits per heavy atom. The number of ether oxygens (including phenoxy) is 3. The standard InChI is InChI=1S/C37H28N2O6/c1-2-18-43-25-10-7-9-23(19-25)33(40)31-32(34(41)24-14-15-29-30(20-24)45-21-44-29)39-17-16-22-8-3-4-11-26(22)35(39)37(31)27-12-5-6-13-28(27)38-36(37)42/h2-17,19-20,31-32,35H,1,18,21H2,(H,38,42)/t31-,32+,35+,37-/m0/s1. The van der Waals surface area contributed by atoms with Crippen LogP contribution in [0.4, 0.5) is 5.69 Å². The second-order valence-electron chi connectivity index (χ2n) is 11.5. The summed E-state index contributed by atoms with van der Waals surface area (Å²) < 4.78 is 16.9. The maximum absolute atomic E-state index is 15.1. The van der Waals surface area contributed by atoms with Gasteiger partial charge in [0.05, 0.1) is 12.0 Å². The number of benzene rings is 4. The van der Waals surface area contributed by atoms with E-state index in [1.54, 1.807) is 48.5 Å². The van der Waals surface area contributed by atoms with Gasteiger partial charge in [-0.05, 0) is 59.2 Å². The summed E-state index contributed by atoms with van der Waals surface area (Å²) in [6, 6.07) is 25.5. The summed E-state index contributed by atoms with van der Waals surface area (Å²) in [6.45, 7) is 4.04. The van der Waals surface area contributed by atoms with Gasteiger partial charge in [-0.25, -0.2) is 0 Å². The topological polar surface area (TPSA) is 94.2 Å². The highest BCUT2D eigenvalue weighted by Crippen LogP contribution is 2.62. The van der Waals surface area contributed by atoms with E-state index in [0.717, 1.165) is 11.1 Å². The average molecular weight is 597 g/mol. The van der Waals surface area contributed by atoms with Crippen LogP contribution in [0.15, 0.2) is 110 Å². The van der Waals surface area contributed by atoms with Crippen molar-refractivity contribution in [2.24, 2.45) is 5.92 Å². The van der Waals surface area contributed by atoms with Gasteiger partial charge in [-0.1, -0.05) is 67.3 Å². The number of ketones is 2. The predicted molar refractivity (Wildman–Crippen MR) is 167 cm³/mol. The molecule has 0 bridgehead atoms. The highest BCUT2D eigenvalue weighted by Gasteiger charge is 2.70. The average Bonchev–Trinajstić information content (AvgIpc) is 3.76. The van der Waals surface area contributed by atoms with Gasteiger partial charge < -0.3 is 24.4 Å². The lowest BCUT2D eigenvalue weighted by Gasteiger charge is -2.38. The minimum Gasteiger partial charge on any atom is -0.490 e. The van der Waals surface area contributed by atoms with E-state index >= 15 is 4.79 Å². The lowest BCUT2D eigenvalue weighted by atomic mass is 9.62. The summed E-state index contributed by atoms with van der Waals surface area (Å²) in [5.74, 6) is -0.544. The van der Waals surface area contributed by atoms with Crippen molar-refractivity contribution >= 4 is 29.2 Å². The van der Waals surface area contributed by atoms with E-state index in [1.807, 2.05) is 65.7 Å². The molecule has 4 aromatic rings. The largest absolute Gasteiger partial charge is 0.490 e. The Bertz CT molecular complexity index is 1950. The Balaban J connectivity index is 1.38. The van der Waals surface area contributed by atoms with Crippen LogP contribution in [-0.2, 0) is 10.2 Å². The molecule has 1 fully saturated rings. The van der Waals surface area contributed by atoms with Crippen LogP contribution < -0.4 is 19.5 Å². The Morgan fingerprint density at radius 1 is 0.933 bits per heavy atom. The van der Waals surface area contributed by atoms with Crippen LogP contribution in [0.5, 0.6) is 17.2 Å². The van der Waals surface area contributed by atoms with Gasteiger partial charge >= 0.3 is 0 Å². The third-order valence-electron chi connectivity index (χ3n) is 9.27. The Labute approximate surface area is 259 Å². The van der Waals surface area contributed by atoms with Crippen molar-refractivity contribution in [3.63, 3.8) is 0 Å². The molecule has 222 valence electrons. The summed E-state index contributed by atoms with van der Waals surface area (Å²) in [5.41, 5.74) is 2.40. The van der Waals surface area contributed by atoms with Crippen LogP contribution in [0.25, 0.3) is 6.08 Å². The number of rotatable bonds is 7. The third kappa shape index (κ3) is 3.88. The number of hydrogen-bond acceptors (Lipinski definition) is 7. The molecule has 0 saturated carbocycles. The summed E-state index contributed by atoms with van der Waals surface area (Å²) in [5, 5.41) is 3.08. The maximum atomic E-state index is 15.1. The molecular weight excluding hydrogens is 568 g/mol. The Hall–Kier alpha value is -5.63. The molecule has 8 rings (SSSR count).